The molecule has 1 N–H and O–H groups in total. The molecule has 4 nitrogen and oxygen atoms in total. The summed E-state index contributed by atoms with van der Waals surface area (Å²) in [6.45, 7) is 0. The van der Waals surface area contributed by atoms with Crippen molar-refractivity contribution in [1.82, 2.24) is 20.1 Å². The number of nitrogens with one attached hydrogen (secondary N) is 1. The van der Waals surface area contributed by atoms with Crippen molar-refractivity contribution in [3.8, 4) is 0 Å². The molecule has 17 heavy (non-hydrogen) atoms. The molecule has 6 heteroatoms. The predicted molar refractivity (Wildman–Crippen MR) is 68.4 cm³/mol. The van der Waals surface area contributed by atoms with Crippen molar-refractivity contribution in [2.75, 3.05) is 7.05 Å². The van der Waals surface area contributed by atoms with Crippen molar-refractivity contribution in [2.24, 2.45) is 7.05 Å². The molecule has 0 aromatic carbocycles. The topological polar surface area (TPSA) is 42.7 Å². The number of hydrogen-bond donors (Lipinski definition) is 1. The Balaban J connectivity index is 2.42. The highest BCUT2D eigenvalue weighted by atomic mass is 35.5. The third-order valence-corrected chi connectivity index (χ3v) is 2.94. The Hall–Kier alpha value is -1.10. The molecule has 0 bridgehead atoms. The minimum atomic E-state index is -0.138. The summed E-state index contributed by atoms with van der Waals surface area (Å²) in [6.07, 6.45) is 3.46. The van der Waals surface area contributed by atoms with Crippen LogP contribution in [0.4, 0.5) is 0 Å². The van der Waals surface area contributed by atoms with Crippen LogP contribution in [0.1, 0.15) is 17.4 Å². The lowest BCUT2D eigenvalue weighted by molar-refractivity contribution is 0.628. The van der Waals surface area contributed by atoms with E-state index in [1.165, 1.54) is 0 Å². The van der Waals surface area contributed by atoms with Gasteiger partial charge in [-0.05, 0) is 19.2 Å². The van der Waals surface area contributed by atoms with E-state index in [2.05, 4.69) is 15.4 Å². The van der Waals surface area contributed by atoms with Crippen molar-refractivity contribution in [3.05, 3.63) is 46.0 Å². The summed E-state index contributed by atoms with van der Waals surface area (Å²) in [7, 11) is 3.71. The molecule has 0 fully saturated rings. The van der Waals surface area contributed by atoms with E-state index >= 15 is 0 Å². The molecule has 2 aromatic heterocycles. The molecule has 0 saturated heterocycles. The normalized spacial score (nSPS) is 12.7. The van der Waals surface area contributed by atoms with Gasteiger partial charge in [0.15, 0.2) is 0 Å². The summed E-state index contributed by atoms with van der Waals surface area (Å²) in [4.78, 5) is 4.26. The van der Waals surface area contributed by atoms with E-state index in [1.807, 2.05) is 26.4 Å². The number of nitrogens with zero attached hydrogens (tertiary/aromatic N) is 3. The molecule has 90 valence electrons. The molecule has 2 aromatic rings. The molecule has 2 rings (SSSR count). The van der Waals surface area contributed by atoms with Gasteiger partial charge >= 0.3 is 0 Å². The van der Waals surface area contributed by atoms with Gasteiger partial charge < -0.3 is 5.32 Å². The maximum atomic E-state index is 6.14. The van der Waals surface area contributed by atoms with E-state index in [9.17, 15) is 0 Å². The van der Waals surface area contributed by atoms with Crippen LogP contribution in [-0.4, -0.2) is 21.8 Å². The number of aromatic nitrogens is 3. The highest BCUT2D eigenvalue weighted by molar-refractivity contribution is 6.34. The maximum absolute atomic E-state index is 6.14. The Morgan fingerprint density at radius 3 is 2.71 bits per heavy atom. The summed E-state index contributed by atoms with van der Waals surface area (Å²) in [6, 6.07) is 3.47. The van der Waals surface area contributed by atoms with Crippen molar-refractivity contribution < 1.29 is 0 Å². The minimum Gasteiger partial charge on any atom is -0.307 e. The van der Waals surface area contributed by atoms with Gasteiger partial charge in [0.2, 0.25) is 0 Å². The molecule has 0 radical (unpaired) electrons. The highest BCUT2D eigenvalue weighted by Gasteiger charge is 2.19. The van der Waals surface area contributed by atoms with Crippen LogP contribution in [0, 0.1) is 0 Å². The van der Waals surface area contributed by atoms with E-state index in [0.717, 1.165) is 11.4 Å². The standard InChI is InChI=1S/C11H12Cl2N4/c1-14-11(9-3-4-17(2)16-9)10-8(13)5-7(12)6-15-10/h3-6,11,14H,1-2H3. The van der Waals surface area contributed by atoms with Crippen LogP contribution in [0.2, 0.25) is 10.0 Å². The Morgan fingerprint density at radius 1 is 1.41 bits per heavy atom. The summed E-state index contributed by atoms with van der Waals surface area (Å²) < 4.78 is 1.74. The highest BCUT2D eigenvalue weighted by Crippen LogP contribution is 2.27. The van der Waals surface area contributed by atoms with Gasteiger partial charge in [-0.3, -0.25) is 9.67 Å². The molecule has 2 heterocycles. The quantitative estimate of drug-likeness (QED) is 0.932. The number of rotatable bonds is 3. The Morgan fingerprint density at radius 2 is 2.18 bits per heavy atom. The summed E-state index contributed by atoms with van der Waals surface area (Å²) in [5, 5.41) is 8.54. The lowest BCUT2D eigenvalue weighted by Crippen LogP contribution is -2.20. The lowest BCUT2D eigenvalue weighted by Gasteiger charge is -2.14. The number of pyridine rings is 1. The predicted octanol–water partition coefficient (Wildman–Crippen LogP) is 2.43. The fourth-order valence-corrected chi connectivity index (χ4v) is 2.14. The first-order chi connectivity index (χ1) is 8.11. The summed E-state index contributed by atoms with van der Waals surface area (Å²) in [5.41, 5.74) is 1.59. The molecule has 0 spiro atoms. The van der Waals surface area contributed by atoms with Crippen LogP contribution in [0.15, 0.2) is 24.5 Å². The average molecular weight is 271 g/mol. The fraction of sp³-hybridized carbons (Fsp3) is 0.273. The van der Waals surface area contributed by atoms with Crippen LogP contribution >= 0.6 is 23.2 Å². The average Bonchev–Trinajstić information content (AvgIpc) is 2.69. The Bertz CT molecular complexity index is 524. The van der Waals surface area contributed by atoms with E-state index < -0.39 is 0 Å². The first kappa shape index (κ1) is 12.4. The van der Waals surface area contributed by atoms with E-state index in [4.69, 9.17) is 23.2 Å². The maximum Gasteiger partial charge on any atom is 0.0956 e. The lowest BCUT2D eigenvalue weighted by atomic mass is 10.1. The first-order valence-electron chi connectivity index (χ1n) is 5.09. The second kappa shape index (κ2) is 5.04. The molecule has 0 aliphatic carbocycles. The second-order valence-electron chi connectivity index (χ2n) is 3.66. The van der Waals surface area contributed by atoms with Crippen molar-refractivity contribution in [1.29, 1.82) is 0 Å². The van der Waals surface area contributed by atoms with Gasteiger partial charge in [0.25, 0.3) is 0 Å². The van der Waals surface area contributed by atoms with E-state index in [0.29, 0.717) is 10.0 Å². The van der Waals surface area contributed by atoms with Crippen LogP contribution in [0.5, 0.6) is 0 Å². The van der Waals surface area contributed by atoms with Gasteiger partial charge in [0.05, 0.1) is 27.5 Å². The van der Waals surface area contributed by atoms with Gasteiger partial charge in [-0.15, -0.1) is 0 Å². The largest absolute Gasteiger partial charge is 0.307 e. The zero-order valence-corrected chi connectivity index (χ0v) is 11.0. The fourth-order valence-electron chi connectivity index (χ4n) is 1.65. The van der Waals surface area contributed by atoms with E-state index in [-0.39, 0.29) is 6.04 Å². The molecule has 0 aliphatic heterocycles. The summed E-state index contributed by atoms with van der Waals surface area (Å²) in [5.74, 6) is 0. The number of hydrogen-bond acceptors (Lipinski definition) is 3. The van der Waals surface area contributed by atoms with Crippen LogP contribution in [0.3, 0.4) is 0 Å². The molecule has 0 amide bonds. The molecule has 0 saturated carbocycles. The van der Waals surface area contributed by atoms with Crippen molar-refractivity contribution >= 4 is 23.2 Å². The van der Waals surface area contributed by atoms with E-state index in [1.54, 1.807) is 16.9 Å². The smallest absolute Gasteiger partial charge is 0.0956 e. The minimum absolute atomic E-state index is 0.138. The first-order valence-corrected chi connectivity index (χ1v) is 5.85. The van der Waals surface area contributed by atoms with Crippen molar-refractivity contribution in [2.45, 2.75) is 6.04 Å². The number of halogens is 2. The molecular weight excluding hydrogens is 259 g/mol. The molecule has 0 aliphatic rings. The summed E-state index contributed by atoms with van der Waals surface area (Å²) >= 11 is 12.0. The van der Waals surface area contributed by atoms with Gasteiger partial charge in [0, 0.05) is 19.4 Å². The molecule has 1 unspecified atom stereocenters. The van der Waals surface area contributed by atoms with Crippen molar-refractivity contribution in [3.63, 3.8) is 0 Å². The second-order valence-corrected chi connectivity index (χ2v) is 4.50. The monoisotopic (exact) mass is 270 g/mol. The molecule has 1 atom stereocenters. The van der Waals surface area contributed by atoms with Gasteiger partial charge in [-0.1, -0.05) is 23.2 Å². The Kier molecular flexibility index (Phi) is 3.66. The van der Waals surface area contributed by atoms with Gasteiger partial charge in [0.1, 0.15) is 0 Å². The van der Waals surface area contributed by atoms with Gasteiger partial charge in [-0.25, -0.2) is 0 Å². The Labute approximate surface area is 110 Å². The third-order valence-electron chi connectivity index (χ3n) is 2.43. The zero-order chi connectivity index (χ0) is 12.4. The van der Waals surface area contributed by atoms with Crippen LogP contribution in [0.25, 0.3) is 0 Å². The van der Waals surface area contributed by atoms with Crippen LogP contribution < -0.4 is 5.32 Å². The SMILES string of the molecule is CNC(c1ccn(C)n1)c1ncc(Cl)cc1Cl. The van der Waals surface area contributed by atoms with Gasteiger partial charge in [-0.2, -0.15) is 5.10 Å². The molecular formula is C11H12Cl2N4. The third kappa shape index (κ3) is 2.60. The van der Waals surface area contributed by atoms with Crippen LogP contribution in [-0.2, 0) is 7.05 Å². The zero-order valence-electron chi connectivity index (χ0n) is 9.48. The number of aryl methyl sites for hydroxylation is 1.